The molecular weight excluding hydrogens is 392 g/mol. The number of carbonyl (C=O) groups excluding carboxylic acids is 3. The zero-order chi connectivity index (χ0) is 21.1. The molecule has 0 spiro atoms. The molecule has 0 aliphatic carbocycles. The number of rotatable bonds is 4. The molecule has 1 fully saturated rings. The fourth-order valence-electron chi connectivity index (χ4n) is 2.89. The van der Waals surface area contributed by atoms with Gasteiger partial charge in [-0.25, -0.2) is 9.69 Å². The van der Waals surface area contributed by atoms with Crippen molar-refractivity contribution in [2.24, 2.45) is 0 Å². The third kappa shape index (κ3) is 4.00. The molecule has 2 aromatic rings. The Labute approximate surface area is 173 Å². The number of ether oxygens (including phenoxy) is 1. The van der Waals surface area contributed by atoms with Gasteiger partial charge >= 0.3 is 6.03 Å². The molecule has 0 saturated carbocycles. The third-order valence-electron chi connectivity index (χ3n) is 4.50. The van der Waals surface area contributed by atoms with Crippen molar-refractivity contribution >= 4 is 41.2 Å². The molecule has 1 heterocycles. The number of terminal acetylenes is 1. The molecule has 7 heteroatoms. The molecule has 0 bridgehead atoms. The smallest absolute Gasteiger partial charge is 0.335 e. The summed E-state index contributed by atoms with van der Waals surface area (Å²) in [5.74, 6) is 1.17. The summed E-state index contributed by atoms with van der Waals surface area (Å²) < 4.78 is 5.46. The number of hydrogen-bond acceptors (Lipinski definition) is 4. The van der Waals surface area contributed by atoms with E-state index in [9.17, 15) is 14.4 Å². The molecular formula is C22H17ClN2O4. The van der Waals surface area contributed by atoms with Crippen LogP contribution >= 0.6 is 11.6 Å². The van der Waals surface area contributed by atoms with Gasteiger partial charge in [-0.15, -0.1) is 6.42 Å². The Morgan fingerprint density at radius 3 is 2.69 bits per heavy atom. The lowest BCUT2D eigenvalue weighted by atomic mass is 10.0. The maximum Gasteiger partial charge on any atom is 0.335 e. The number of amides is 4. The molecule has 0 unspecified atom stereocenters. The minimum Gasteiger partial charge on any atom is -0.480 e. The number of nitrogens with one attached hydrogen (secondary N) is 1. The Balaban J connectivity index is 2.08. The van der Waals surface area contributed by atoms with Crippen LogP contribution in [0.25, 0.3) is 6.08 Å². The Bertz CT molecular complexity index is 1100. The van der Waals surface area contributed by atoms with Crippen molar-refractivity contribution < 1.29 is 19.1 Å². The zero-order valence-electron chi connectivity index (χ0n) is 15.8. The van der Waals surface area contributed by atoms with E-state index in [4.69, 9.17) is 22.8 Å². The second kappa shape index (κ2) is 8.21. The average Bonchev–Trinajstić information content (AvgIpc) is 2.67. The highest BCUT2D eigenvalue weighted by Gasteiger charge is 2.37. The molecule has 1 aliphatic heterocycles. The summed E-state index contributed by atoms with van der Waals surface area (Å²) in [4.78, 5) is 38.9. The van der Waals surface area contributed by atoms with Gasteiger partial charge in [0.05, 0.1) is 5.69 Å². The van der Waals surface area contributed by atoms with E-state index in [2.05, 4.69) is 11.2 Å². The highest BCUT2D eigenvalue weighted by molar-refractivity contribution is 6.39. The summed E-state index contributed by atoms with van der Waals surface area (Å²) in [5.41, 5.74) is 2.23. The molecule has 1 N–H and O–H groups in total. The van der Waals surface area contributed by atoms with Gasteiger partial charge in [0.15, 0.2) is 0 Å². The van der Waals surface area contributed by atoms with Crippen LogP contribution in [0.2, 0.25) is 5.02 Å². The molecule has 0 atom stereocenters. The Morgan fingerprint density at radius 1 is 1.21 bits per heavy atom. The number of urea groups is 1. The summed E-state index contributed by atoms with van der Waals surface area (Å²) in [7, 11) is 0. The number of barbiturate groups is 1. The SMILES string of the molecule is C#CCOc1ccc(Cl)cc1/C=C1\C(=O)NC(=O)N(c2cccc(C)c2C)C1=O. The van der Waals surface area contributed by atoms with Gasteiger partial charge in [0.2, 0.25) is 0 Å². The van der Waals surface area contributed by atoms with Crippen LogP contribution in [0.5, 0.6) is 5.75 Å². The number of anilines is 1. The van der Waals surface area contributed by atoms with E-state index in [1.807, 2.05) is 13.0 Å². The fraction of sp³-hybridized carbons (Fsp3) is 0.136. The number of benzene rings is 2. The first kappa shape index (κ1) is 20.2. The zero-order valence-corrected chi connectivity index (χ0v) is 16.5. The van der Waals surface area contributed by atoms with E-state index >= 15 is 0 Å². The summed E-state index contributed by atoms with van der Waals surface area (Å²) in [6.07, 6.45) is 6.56. The van der Waals surface area contributed by atoms with Crippen molar-refractivity contribution in [2.75, 3.05) is 11.5 Å². The van der Waals surface area contributed by atoms with Crippen LogP contribution < -0.4 is 15.0 Å². The fourth-order valence-corrected chi connectivity index (χ4v) is 3.07. The number of hydrogen-bond donors (Lipinski definition) is 1. The monoisotopic (exact) mass is 408 g/mol. The largest absolute Gasteiger partial charge is 0.480 e. The van der Waals surface area contributed by atoms with Crippen LogP contribution in [0, 0.1) is 26.2 Å². The summed E-state index contributed by atoms with van der Waals surface area (Å²) in [6.45, 7) is 3.67. The lowest BCUT2D eigenvalue weighted by Crippen LogP contribution is -2.54. The van der Waals surface area contributed by atoms with Crippen molar-refractivity contribution in [3.8, 4) is 18.1 Å². The van der Waals surface area contributed by atoms with Gasteiger partial charge in [0, 0.05) is 10.6 Å². The Kier molecular flexibility index (Phi) is 5.71. The predicted octanol–water partition coefficient (Wildman–Crippen LogP) is 3.64. The van der Waals surface area contributed by atoms with Crippen molar-refractivity contribution in [3.63, 3.8) is 0 Å². The normalized spacial score (nSPS) is 15.3. The van der Waals surface area contributed by atoms with Crippen LogP contribution in [0.4, 0.5) is 10.5 Å². The molecule has 0 aromatic heterocycles. The number of aryl methyl sites for hydroxylation is 1. The van der Waals surface area contributed by atoms with Crippen molar-refractivity contribution in [1.29, 1.82) is 0 Å². The van der Waals surface area contributed by atoms with Crippen molar-refractivity contribution in [1.82, 2.24) is 5.32 Å². The van der Waals surface area contributed by atoms with Gasteiger partial charge in [-0.2, -0.15) is 0 Å². The molecule has 3 rings (SSSR count). The Hall–Kier alpha value is -3.56. The lowest BCUT2D eigenvalue weighted by Gasteiger charge is -2.28. The van der Waals surface area contributed by atoms with Crippen LogP contribution in [-0.2, 0) is 9.59 Å². The molecule has 0 radical (unpaired) electrons. The quantitative estimate of drug-likeness (QED) is 0.476. The van der Waals surface area contributed by atoms with E-state index in [1.165, 1.54) is 6.08 Å². The lowest BCUT2D eigenvalue weighted by molar-refractivity contribution is -0.122. The van der Waals surface area contributed by atoms with Crippen LogP contribution in [0.1, 0.15) is 16.7 Å². The maximum atomic E-state index is 13.1. The van der Waals surface area contributed by atoms with E-state index in [1.54, 1.807) is 37.3 Å². The van der Waals surface area contributed by atoms with Gasteiger partial charge in [-0.3, -0.25) is 14.9 Å². The number of nitrogens with zero attached hydrogens (tertiary/aromatic N) is 1. The van der Waals surface area contributed by atoms with E-state index in [0.29, 0.717) is 22.0 Å². The third-order valence-corrected chi connectivity index (χ3v) is 4.74. The molecule has 6 nitrogen and oxygen atoms in total. The Morgan fingerprint density at radius 2 is 1.97 bits per heavy atom. The van der Waals surface area contributed by atoms with Gasteiger partial charge in [-0.05, 0) is 55.3 Å². The van der Waals surface area contributed by atoms with Crippen LogP contribution in [0.15, 0.2) is 42.0 Å². The molecule has 4 amide bonds. The minimum absolute atomic E-state index is 0.00501. The van der Waals surface area contributed by atoms with Crippen LogP contribution in [0.3, 0.4) is 0 Å². The van der Waals surface area contributed by atoms with Gasteiger partial charge in [0.1, 0.15) is 17.9 Å². The molecule has 2 aromatic carbocycles. The molecule has 1 saturated heterocycles. The van der Waals surface area contributed by atoms with Gasteiger partial charge in [-0.1, -0.05) is 29.7 Å². The summed E-state index contributed by atoms with van der Waals surface area (Å²) in [5, 5.41) is 2.59. The van der Waals surface area contributed by atoms with Crippen LogP contribution in [-0.4, -0.2) is 24.5 Å². The topological polar surface area (TPSA) is 75.7 Å². The summed E-state index contributed by atoms with van der Waals surface area (Å²) in [6, 6.07) is 9.18. The first-order chi connectivity index (χ1) is 13.8. The summed E-state index contributed by atoms with van der Waals surface area (Å²) >= 11 is 6.05. The van der Waals surface area contributed by atoms with Gasteiger partial charge in [0.25, 0.3) is 11.8 Å². The average molecular weight is 409 g/mol. The molecule has 1 aliphatic rings. The van der Waals surface area contributed by atoms with E-state index in [0.717, 1.165) is 16.0 Å². The highest BCUT2D eigenvalue weighted by atomic mass is 35.5. The standard InChI is InChI=1S/C22H17ClN2O4/c1-4-10-29-19-9-8-16(23)11-15(19)12-17-20(26)24-22(28)25(21(17)27)18-7-5-6-13(2)14(18)3/h1,5-9,11-12H,10H2,2-3H3,(H,24,26,28)/b17-12+. The van der Waals surface area contributed by atoms with E-state index < -0.39 is 17.8 Å². The predicted molar refractivity (Wildman–Crippen MR) is 111 cm³/mol. The first-order valence-corrected chi connectivity index (χ1v) is 9.04. The van der Waals surface area contributed by atoms with Crippen molar-refractivity contribution in [2.45, 2.75) is 13.8 Å². The maximum absolute atomic E-state index is 13.1. The first-order valence-electron chi connectivity index (χ1n) is 8.67. The van der Waals surface area contributed by atoms with Gasteiger partial charge < -0.3 is 4.74 Å². The highest BCUT2D eigenvalue weighted by Crippen LogP contribution is 2.29. The second-order valence-corrected chi connectivity index (χ2v) is 6.79. The number of carbonyl (C=O) groups is 3. The second-order valence-electron chi connectivity index (χ2n) is 6.35. The van der Waals surface area contributed by atoms with E-state index in [-0.39, 0.29) is 12.2 Å². The minimum atomic E-state index is -0.805. The molecule has 29 heavy (non-hydrogen) atoms. The molecule has 146 valence electrons. The number of halogens is 1. The number of imide groups is 2. The van der Waals surface area contributed by atoms with Crippen molar-refractivity contribution in [3.05, 3.63) is 63.7 Å².